The van der Waals surface area contributed by atoms with Crippen LogP contribution in [0.3, 0.4) is 0 Å². The van der Waals surface area contributed by atoms with Gasteiger partial charge in [-0.25, -0.2) is 0 Å². The first-order chi connectivity index (χ1) is 11.1. The maximum Gasteiger partial charge on any atom is 0.303 e. The van der Waals surface area contributed by atoms with E-state index in [9.17, 15) is 14.1 Å². The smallest absolute Gasteiger partial charge is 0.303 e. The van der Waals surface area contributed by atoms with Crippen LogP contribution in [-0.4, -0.2) is 38.0 Å². The molecule has 0 heterocycles. The molecule has 4 nitrogen and oxygen atoms in total. The Bertz CT molecular complexity index is 384. The van der Waals surface area contributed by atoms with E-state index in [0.717, 1.165) is 57.8 Å². The molecule has 0 aliphatic carbocycles. The van der Waals surface area contributed by atoms with E-state index in [4.69, 9.17) is 5.11 Å². The summed E-state index contributed by atoms with van der Waals surface area (Å²) in [5.74, 6) is 6.29. The molecular weight excluding hydrogens is 312 g/mol. The van der Waals surface area contributed by atoms with Gasteiger partial charge < -0.3 is 10.2 Å². The molecule has 5 heteroatoms. The Morgan fingerprint density at radius 2 is 1.70 bits per heavy atom. The number of carbonyl (C=O) groups is 1. The third kappa shape index (κ3) is 17.3. The molecule has 134 valence electrons. The van der Waals surface area contributed by atoms with Gasteiger partial charge in [-0.05, 0) is 25.7 Å². The first-order valence-corrected chi connectivity index (χ1v) is 10.3. The van der Waals surface area contributed by atoms with Crippen LogP contribution in [0.15, 0.2) is 0 Å². The molecule has 0 fully saturated rings. The Balaban J connectivity index is 3.38. The molecule has 0 spiro atoms. The van der Waals surface area contributed by atoms with Gasteiger partial charge in [0.25, 0.3) is 0 Å². The average molecular weight is 345 g/mol. The van der Waals surface area contributed by atoms with Gasteiger partial charge in [-0.1, -0.05) is 44.9 Å². The number of unbranched alkanes of at least 4 members (excludes halogenated alkanes) is 6. The second-order valence-corrected chi connectivity index (χ2v) is 7.54. The maximum atomic E-state index is 11.6. The van der Waals surface area contributed by atoms with Crippen molar-refractivity contribution in [3.8, 4) is 11.8 Å². The summed E-state index contributed by atoms with van der Waals surface area (Å²) in [4.78, 5) is 10.3. The molecule has 0 aliphatic rings. The fourth-order valence-corrected chi connectivity index (χ4v) is 3.35. The van der Waals surface area contributed by atoms with Gasteiger partial charge in [0.2, 0.25) is 0 Å². The second-order valence-electron chi connectivity index (χ2n) is 5.84. The van der Waals surface area contributed by atoms with Crippen LogP contribution in [0.5, 0.6) is 0 Å². The largest absolute Gasteiger partial charge is 0.481 e. The third-order valence-electron chi connectivity index (χ3n) is 3.54. The number of carboxylic acids is 1. The zero-order valence-electron chi connectivity index (χ0n) is 14.4. The number of rotatable bonds is 14. The van der Waals surface area contributed by atoms with Crippen LogP contribution in [0.1, 0.15) is 77.6 Å². The molecule has 0 aromatic carbocycles. The van der Waals surface area contributed by atoms with E-state index < -0.39 is 22.9 Å². The van der Waals surface area contributed by atoms with Crippen molar-refractivity contribution in [3.63, 3.8) is 0 Å². The second kappa shape index (κ2) is 16.0. The lowest BCUT2D eigenvalue weighted by Crippen LogP contribution is -2.05. The number of aliphatic carboxylic acids is 1. The Morgan fingerprint density at radius 3 is 2.39 bits per heavy atom. The van der Waals surface area contributed by atoms with E-state index in [1.807, 2.05) is 0 Å². The first kappa shape index (κ1) is 22.1. The van der Waals surface area contributed by atoms with Gasteiger partial charge in [0.15, 0.2) is 0 Å². The highest BCUT2D eigenvalue weighted by molar-refractivity contribution is 7.84. The van der Waals surface area contributed by atoms with E-state index in [0.29, 0.717) is 17.9 Å². The van der Waals surface area contributed by atoms with Crippen molar-refractivity contribution < 1.29 is 19.2 Å². The number of aliphatic hydroxyl groups is 1. The lowest BCUT2D eigenvalue weighted by Gasteiger charge is -2.02. The Labute approximate surface area is 143 Å². The van der Waals surface area contributed by atoms with Crippen molar-refractivity contribution >= 4 is 16.8 Å². The van der Waals surface area contributed by atoms with Gasteiger partial charge in [0.1, 0.15) is 6.10 Å². The van der Waals surface area contributed by atoms with E-state index in [-0.39, 0.29) is 6.42 Å². The van der Waals surface area contributed by atoms with Crippen LogP contribution in [0.2, 0.25) is 0 Å². The van der Waals surface area contributed by atoms with E-state index in [1.165, 1.54) is 0 Å². The van der Waals surface area contributed by atoms with Crippen molar-refractivity contribution in [2.24, 2.45) is 0 Å². The molecule has 23 heavy (non-hydrogen) atoms. The van der Waals surface area contributed by atoms with Crippen LogP contribution in [0, 0.1) is 11.8 Å². The predicted octanol–water partition coefficient (Wildman–Crippen LogP) is 3.50. The van der Waals surface area contributed by atoms with Crippen molar-refractivity contribution in [1.29, 1.82) is 0 Å². The number of hydrogen-bond acceptors (Lipinski definition) is 3. The summed E-state index contributed by atoms with van der Waals surface area (Å²) < 4.78 is 11.6. The van der Waals surface area contributed by atoms with Crippen molar-refractivity contribution in [2.45, 2.75) is 83.7 Å². The van der Waals surface area contributed by atoms with Gasteiger partial charge in [-0.15, -0.1) is 5.92 Å². The molecule has 0 rings (SSSR count). The van der Waals surface area contributed by atoms with Crippen molar-refractivity contribution in [2.75, 3.05) is 11.5 Å². The SMILES string of the molecule is CCCCC(O)C#CCCCCCCCS(=O)CCCC(=O)O. The third-order valence-corrected chi connectivity index (χ3v) is 5.02. The molecule has 0 aromatic rings. The van der Waals surface area contributed by atoms with Gasteiger partial charge in [0.05, 0.1) is 0 Å². The summed E-state index contributed by atoms with van der Waals surface area (Å²) in [5, 5.41) is 18.1. The lowest BCUT2D eigenvalue weighted by molar-refractivity contribution is -0.137. The molecule has 2 unspecified atom stereocenters. The standard InChI is InChI=1S/C18H32O4S/c1-2-3-12-17(19)13-9-7-5-4-6-8-10-15-23(22)16-11-14-18(20)21/h17,19H,2-8,10-12,14-16H2,1H3,(H,20,21). The van der Waals surface area contributed by atoms with E-state index in [1.54, 1.807) is 0 Å². The summed E-state index contributed by atoms with van der Waals surface area (Å²) in [7, 11) is -0.868. The number of carboxylic acid groups (broad SMARTS) is 1. The fraction of sp³-hybridized carbons (Fsp3) is 0.833. The van der Waals surface area contributed by atoms with Gasteiger partial charge >= 0.3 is 5.97 Å². The summed E-state index contributed by atoms with van der Waals surface area (Å²) in [5.41, 5.74) is 0. The summed E-state index contributed by atoms with van der Waals surface area (Å²) in [6, 6.07) is 0. The van der Waals surface area contributed by atoms with E-state index >= 15 is 0 Å². The predicted molar refractivity (Wildman–Crippen MR) is 95.8 cm³/mol. The molecule has 0 amide bonds. The zero-order chi connectivity index (χ0) is 17.3. The van der Waals surface area contributed by atoms with Crippen LogP contribution in [0.4, 0.5) is 0 Å². The van der Waals surface area contributed by atoms with Crippen molar-refractivity contribution in [1.82, 2.24) is 0 Å². The Hall–Kier alpha value is -0.860. The number of hydrogen-bond donors (Lipinski definition) is 2. The highest BCUT2D eigenvalue weighted by Gasteiger charge is 2.02. The fourth-order valence-electron chi connectivity index (χ4n) is 2.15. The zero-order valence-corrected chi connectivity index (χ0v) is 15.2. The molecule has 0 saturated heterocycles. The molecule has 0 bridgehead atoms. The topological polar surface area (TPSA) is 74.6 Å². The molecule has 0 radical (unpaired) electrons. The average Bonchev–Trinajstić information content (AvgIpc) is 2.50. The first-order valence-electron chi connectivity index (χ1n) is 8.79. The normalized spacial score (nSPS) is 13.1. The molecule has 2 N–H and O–H groups in total. The quantitative estimate of drug-likeness (QED) is 0.374. The van der Waals surface area contributed by atoms with Gasteiger partial charge in [-0.2, -0.15) is 0 Å². The van der Waals surface area contributed by atoms with Crippen LogP contribution >= 0.6 is 0 Å². The van der Waals surface area contributed by atoms with Crippen LogP contribution in [0.25, 0.3) is 0 Å². The molecular formula is C18H32O4S. The molecule has 0 saturated carbocycles. The van der Waals surface area contributed by atoms with E-state index in [2.05, 4.69) is 18.8 Å². The van der Waals surface area contributed by atoms with Gasteiger partial charge in [0, 0.05) is 35.1 Å². The molecule has 0 aliphatic heterocycles. The van der Waals surface area contributed by atoms with Crippen LogP contribution in [-0.2, 0) is 15.6 Å². The summed E-state index contributed by atoms with van der Waals surface area (Å²) in [6.45, 7) is 2.10. The summed E-state index contributed by atoms with van der Waals surface area (Å²) in [6.07, 6.45) is 9.16. The maximum absolute atomic E-state index is 11.6. The minimum absolute atomic E-state index is 0.111. The number of aliphatic hydroxyl groups excluding tert-OH is 1. The summed E-state index contributed by atoms with van der Waals surface area (Å²) >= 11 is 0. The minimum Gasteiger partial charge on any atom is -0.481 e. The monoisotopic (exact) mass is 344 g/mol. The Kier molecular flexibility index (Phi) is 15.4. The van der Waals surface area contributed by atoms with Crippen molar-refractivity contribution in [3.05, 3.63) is 0 Å². The van der Waals surface area contributed by atoms with Crippen LogP contribution < -0.4 is 0 Å². The van der Waals surface area contributed by atoms with Gasteiger partial charge in [-0.3, -0.25) is 9.00 Å². The highest BCUT2D eigenvalue weighted by Crippen LogP contribution is 2.06. The lowest BCUT2D eigenvalue weighted by atomic mass is 10.1. The molecule has 0 aromatic heterocycles. The molecule has 2 atom stereocenters. The minimum atomic E-state index is -0.868. The highest BCUT2D eigenvalue weighted by atomic mass is 32.2. The Morgan fingerprint density at radius 1 is 1.04 bits per heavy atom.